The average molecular weight is 401 g/mol. The predicted molar refractivity (Wildman–Crippen MR) is 114 cm³/mol. The summed E-state index contributed by atoms with van der Waals surface area (Å²) >= 11 is 0. The molecule has 0 atom stereocenters. The Kier molecular flexibility index (Phi) is 6.45. The molecule has 2 saturated heterocycles. The van der Waals surface area contributed by atoms with E-state index in [2.05, 4.69) is 29.7 Å². The van der Waals surface area contributed by atoms with Gasteiger partial charge in [0.2, 0.25) is 5.91 Å². The Hall–Kier alpha value is -1.59. The van der Waals surface area contributed by atoms with E-state index in [0.29, 0.717) is 32.2 Å². The number of ether oxygens (including phenoxy) is 2. The van der Waals surface area contributed by atoms with E-state index in [9.17, 15) is 4.79 Å². The molecule has 3 aliphatic rings. The van der Waals surface area contributed by atoms with Gasteiger partial charge < -0.3 is 19.3 Å². The van der Waals surface area contributed by atoms with Crippen LogP contribution in [-0.2, 0) is 16.1 Å². The summed E-state index contributed by atoms with van der Waals surface area (Å²) < 4.78 is 12.1. The third-order valence-electron chi connectivity index (χ3n) is 6.81. The number of carbonyl (C=O) groups excluding carboxylic acids is 1. The first kappa shape index (κ1) is 20.7. The molecular weight excluding hydrogens is 364 g/mol. The Morgan fingerprint density at radius 2 is 1.90 bits per heavy atom. The molecule has 0 unspecified atom stereocenters. The number of nitrogens with zero attached hydrogens (tertiary/aromatic N) is 2. The van der Waals surface area contributed by atoms with Gasteiger partial charge in [-0.15, -0.1) is 0 Å². The molecule has 0 aromatic heterocycles. The van der Waals surface area contributed by atoms with Crippen LogP contribution in [0.2, 0.25) is 0 Å². The highest BCUT2D eigenvalue weighted by Crippen LogP contribution is 2.36. The molecule has 2 fully saturated rings. The van der Waals surface area contributed by atoms with Crippen molar-refractivity contribution in [1.82, 2.24) is 9.80 Å². The van der Waals surface area contributed by atoms with Crippen molar-refractivity contribution in [3.8, 4) is 5.75 Å². The molecule has 5 nitrogen and oxygen atoms in total. The maximum atomic E-state index is 13.5. The minimum Gasteiger partial charge on any atom is -0.485 e. The van der Waals surface area contributed by atoms with Crippen LogP contribution in [-0.4, -0.2) is 60.7 Å². The van der Waals surface area contributed by atoms with Crippen LogP contribution in [0.3, 0.4) is 0 Å². The molecule has 5 heteroatoms. The number of benzene rings is 1. The van der Waals surface area contributed by atoms with Gasteiger partial charge in [-0.05, 0) is 50.9 Å². The maximum Gasteiger partial charge on any atom is 0.226 e. The summed E-state index contributed by atoms with van der Waals surface area (Å²) in [6, 6.07) is 8.21. The number of hydrogen-bond donors (Lipinski definition) is 0. The molecule has 0 aliphatic carbocycles. The van der Waals surface area contributed by atoms with Crippen LogP contribution in [0.25, 0.3) is 0 Å². The van der Waals surface area contributed by atoms with Gasteiger partial charge in [-0.1, -0.05) is 32.0 Å². The summed E-state index contributed by atoms with van der Waals surface area (Å²) in [5, 5.41) is 0. The first-order chi connectivity index (χ1) is 14.0. The lowest BCUT2D eigenvalue weighted by atomic mass is 9.91. The van der Waals surface area contributed by atoms with Crippen molar-refractivity contribution in [2.24, 2.45) is 11.8 Å². The van der Waals surface area contributed by atoms with Gasteiger partial charge >= 0.3 is 0 Å². The third kappa shape index (κ3) is 4.95. The van der Waals surface area contributed by atoms with Crippen LogP contribution in [0.5, 0.6) is 5.75 Å². The number of carbonyl (C=O) groups is 1. The molecule has 4 rings (SSSR count). The van der Waals surface area contributed by atoms with Crippen molar-refractivity contribution < 1.29 is 14.3 Å². The predicted octanol–water partition coefficient (Wildman–Crippen LogP) is 3.71. The van der Waals surface area contributed by atoms with Crippen LogP contribution < -0.4 is 4.74 Å². The van der Waals surface area contributed by atoms with Gasteiger partial charge in [-0.25, -0.2) is 0 Å². The zero-order valence-electron chi connectivity index (χ0n) is 18.1. The molecule has 29 heavy (non-hydrogen) atoms. The second-order valence-electron chi connectivity index (χ2n) is 9.50. The van der Waals surface area contributed by atoms with Crippen molar-refractivity contribution in [3.63, 3.8) is 0 Å². The Bertz CT molecular complexity index is 691. The first-order valence-electron chi connectivity index (χ1n) is 11.4. The third-order valence-corrected chi connectivity index (χ3v) is 6.81. The van der Waals surface area contributed by atoms with Gasteiger partial charge in [0.05, 0.1) is 19.8 Å². The topological polar surface area (TPSA) is 42.0 Å². The van der Waals surface area contributed by atoms with E-state index in [1.165, 1.54) is 6.42 Å². The summed E-state index contributed by atoms with van der Waals surface area (Å²) in [5.41, 5.74) is 0.817. The quantitative estimate of drug-likeness (QED) is 0.773. The first-order valence-corrected chi connectivity index (χ1v) is 11.4. The van der Waals surface area contributed by atoms with E-state index in [0.717, 1.165) is 62.5 Å². The van der Waals surface area contributed by atoms with Gasteiger partial charge in [-0.2, -0.15) is 0 Å². The molecule has 0 N–H and O–H groups in total. The van der Waals surface area contributed by atoms with E-state index in [1.54, 1.807) is 0 Å². The SMILES string of the molecule is CC(C)CCN1CCC(C(=O)N2Cc3ccccc3OC3(CCOCC3)C2)CC1. The standard InChI is InChI=1S/C24H36N2O3/c1-19(2)7-12-25-13-8-20(9-14-25)23(27)26-17-21-5-3-4-6-22(21)29-24(18-26)10-15-28-16-11-24/h3-6,19-20H,7-18H2,1-2H3. The Morgan fingerprint density at radius 1 is 1.17 bits per heavy atom. The molecule has 0 radical (unpaired) electrons. The molecule has 1 aromatic rings. The second kappa shape index (κ2) is 9.05. The molecule has 1 spiro atoms. The lowest BCUT2D eigenvalue weighted by Crippen LogP contribution is -2.52. The number of hydrogen-bond acceptors (Lipinski definition) is 4. The number of rotatable bonds is 4. The van der Waals surface area contributed by atoms with Crippen molar-refractivity contribution in [1.29, 1.82) is 0 Å². The number of amides is 1. The lowest BCUT2D eigenvalue weighted by Gasteiger charge is -2.40. The van der Waals surface area contributed by atoms with Gasteiger partial charge in [-0.3, -0.25) is 4.79 Å². The molecule has 1 aromatic carbocycles. The number of fused-ring (bicyclic) bond motifs is 1. The fourth-order valence-corrected chi connectivity index (χ4v) is 4.87. The van der Waals surface area contributed by atoms with Gasteiger partial charge in [0, 0.05) is 30.9 Å². The highest BCUT2D eigenvalue weighted by atomic mass is 16.5. The van der Waals surface area contributed by atoms with Crippen LogP contribution >= 0.6 is 0 Å². The largest absolute Gasteiger partial charge is 0.485 e. The van der Waals surface area contributed by atoms with E-state index in [1.807, 2.05) is 18.2 Å². The summed E-state index contributed by atoms with van der Waals surface area (Å²) in [6.07, 6.45) is 4.89. The molecule has 0 bridgehead atoms. The van der Waals surface area contributed by atoms with Crippen LogP contribution in [0, 0.1) is 11.8 Å². The fourth-order valence-electron chi connectivity index (χ4n) is 4.87. The Balaban J connectivity index is 1.45. The normalized spacial score (nSPS) is 22.9. The minimum atomic E-state index is -0.307. The Labute approximate surface area is 175 Å². The molecule has 1 amide bonds. The monoisotopic (exact) mass is 400 g/mol. The lowest BCUT2D eigenvalue weighted by molar-refractivity contribution is -0.142. The molecule has 160 valence electrons. The van der Waals surface area contributed by atoms with Crippen LogP contribution in [0.1, 0.15) is 51.5 Å². The van der Waals surface area contributed by atoms with Crippen molar-refractivity contribution >= 4 is 5.91 Å². The summed E-state index contributed by atoms with van der Waals surface area (Å²) in [5.74, 6) is 2.14. The minimum absolute atomic E-state index is 0.146. The van der Waals surface area contributed by atoms with E-state index >= 15 is 0 Å². The zero-order chi connectivity index (χ0) is 20.3. The smallest absolute Gasteiger partial charge is 0.226 e. The van der Waals surface area contributed by atoms with E-state index in [-0.39, 0.29) is 11.5 Å². The summed E-state index contributed by atoms with van der Waals surface area (Å²) in [4.78, 5) is 18.2. The van der Waals surface area contributed by atoms with Gasteiger partial charge in [0.15, 0.2) is 0 Å². The number of likely N-dealkylation sites (tertiary alicyclic amines) is 1. The molecule has 0 saturated carbocycles. The summed E-state index contributed by atoms with van der Waals surface area (Å²) in [7, 11) is 0. The fraction of sp³-hybridized carbons (Fsp3) is 0.708. The average Bonchev–Trinajstić information content (AvgIpc) is 2.89. The molecule has 3 heterocycles. The number of para-hydroxylation sites is 1. The van der Waals surface area contributed by atoms with Crippen molar-refractivity contribution in [2.45, 2.75) is 58.1 Å². The Morgan fingerprint density at radius 3 is 2.62 bits per heavy atom. The zero-order valence-corrected chi connectivity index (χ0v) is 18.1. The number of piperidine rings is 1. The maximum absolute atomic E-state index is 13.5. The molecular formula is C24H36N2O3. The summed E-state index contributed by atoms with van der Waals surface area (Å²) in [6.45, 7) is 10.6. The highest BCUT2D eigenvalue weighted by molar-refractivity contribution is 5.79. The van der Waals surface area contributed by atoms with E-state index in [4.69, 9.17) is 9.47 Å². The van der Waals surface area contributed by atoms with Gasteiger partial charge in [0.1, 0.15) is 11.4 Å². The highest BCUT2D eigenvalue weighted by Gasteiger charge is 2.42. The second-order valence-corrected chi connectivity index (χ2v) is 9.50. The van der Waals surface area contributed by atoms with Crippen molar-refractivity contribution in [2.75, 3.05) is 39.4 Å². The van der Waals surface area contributed by atoms with Crippen LogP contribution in [0.4, 0.5) is 0 Å². The van der Waals surface area contributed by atoms with Gasteiger partial charge in [0.25, 0.3) is 0 Å². The molecule has 3 aliphatic heterocycles. The van der Waals surface area contributed by atoms with Crippen molar-refractivity contribution in [3.05, 3.63) is 29.8 Å². The van der Waals surface area contributed by atoms with E-state index < -0.39 is 0 Å². The van der Waals surface area contributed by atoms with Crippen LogP contribution in [0.15, 0.2) is 24.3 Å².